The lowest BCUT2D eigenvalue weighted by Gasteiger charge is -2.11. The summed E-state index contributed by atoms with van der Waals surface area (Å²) in [4.78, 5) is 3.27. The van der Waals surface area contributed by atoms with Crippen molar-refractivity contribution in [2.75, 3.05) is 0 Å². The van der Waals surface area contributed by atoms with Crippen LogP contribution in [-0.4, -0.2) is 4.98 Å². The van der Waals surface area contributed by atoms with Crippen LogP contribution < -0.4 is 4.74 Å². The molecule has 0 unspecified atom stereocenters. The Kier molecular flexibility index (Phi) is 3.37. The minimum atomic E-state index is -4.83. The van der Waals surface area contributed by atoms with E-state index in [1.165, 1.54) is 6.07 Å². The number of halogens is 5. The summed E-state index contributed by atoms with van der Waals surface area (Å²) in [5.41, 5.74) is -1.44. The zero-order valence-electron chi connectivity index (χ0n) is 9.21. The third-order valence-electron chi connectivity index (χ3n) is 2.18. The van der Waals surface area contributed by atoms with Gasteiger partial charge in [0.05, 0.1) is 5.56 Å². The highest BCUT2D eigenvalue weighted by Crippen LogP contribution is 2.34. The summed E-state index contributed by atoms with van der Waals surface area (Å²) in [5.74, 6) is -2.53. The van der Waals surface area contributed by atoms with E-state index in [2.05, 4.69) is 4.98 Å². The Bertz CT molecular complexity index is 597. The molecule has 1 heterocycles. The van der Waals surface area contributed by atoms with Crippen LogP contribution >= 0.6 is 0 Å². The van der Waals surface area contributed by atoms with Crippen LogP contribution in [0.25, 0.3) is 0 Å². The molecule has 0 N–H and O–H groups in total. The predicted octanol–water partition coefficient (Wildman–Crippen LogP) is 4.17. The summed E-state index contributed by atoms with van der Waals surface area (Å²) < 4.78 is 68.2. The van der Waals surface area contributed by atoms with Crippen molar-refractivity contribution in [1.82, 2.24) is 4.98 Å². The Labute approximate surface area is 104 Å². The fourth-order valence-corrected chi connectivity index (χ4v) is 1.37. The Morgan fingerprint density at radius 2 is 1.63 bits per heavy atom. The van der Waals surface area contributed by atoms with E-state index < -0.39 is 23.5 Å². The highest BCUT2D eigenvalue weighted by molar-refractivity contribution is 5.35. The fraction of sp³-hybridized carbons (Fsp3) is 0.0833. The van der Waals surface area contributed by atoms with Crippen LogP contribution in [0.4, 0.5) is 22.0 Å². The van der Waals surface area contributed by atoms with E-state index in [0.717, 1.165) is 18.3 Å². The molecule has 2 aromatic rings. The van der Waals surface area contributed by atoms with Crippen LogP contribution in [-0.2, 0) is 6.18 Å². The van der Waals surface area contributed by atoms with Gasteiger partial charge in [0.15, 0.2) is 0 Å². The first-order valence-corrected chi connectivity index (χ1v) is 5.02. The lowest BCUT2D eigenvalue weighted by molar-refractivity contribution is -0.140. The van der Waals surface area contributed by atoms with Crippen molar-refractivity contribution in [3.63, 3.8) is 0 Å². The van der Waals surface area contributed by atoms with Crippen molar-refractivity contribution in [2.24, 2.45) is 0 Å². The van der Waals surface area contributed by atoms with E-state index >= 15 is 0 Å². The van der Waals surface area contributed by atoms with Gasteiger partial charge in [-0.1, -0.05) is 0 Å². The lowest BCUT2D eigenvalue weighted by atomic mass is 10.2. The van der Waals surface area contributed by atoms with Crippen molar-refractivity contribution in [3.05, 3.63) is 53.9 Å². The molecule has 0 fully saturated rings. The molecule has 0 saturated heterocycles. The average molecular weight is 275 g/mol. The van der Waals surface area contributed by atoms with Gasteiger partial charge in [0.2, 0.25) is 5.95 Å². The summed E-state index contributed by atoms with van der Waals surface area (Å²) in [6, 6.07) is 4.32. The molecule has 19 heavy (non-hydrogen) atoms. The summed E-state index contributed by atoms with van der Waals surface area (Å²) in [6.07, 6.45) is -3.73. The van der Waals surface area contributed by atoms with Gasteiger partial charge in [-0.3, -0.25) is 0 Å². The van der Waals surface area contributed by atoms with Gasteiger partial charge >= 0.3 is 6.18 Å². The molecule has 0 aliphatic rings. The number of nitrogens with zero attached hydrogens (tertiary/aromatic N) is 1. The first kappa shape index (κ1) is 13.3. The van der Waals surface area contributed by atoms with E-state index in [1.54, 1.807) is 0 Å². The molecule has 0 atom stereocenters. The van der Waals surface area contributed by atoms with E-state index in [9.17, 15) is 22.0 Å². The molecule has 0 saturated carbocycles. The van der Waals surface area contributed by atoms with Crippen LogP contribution in [0.15, 0.2) is 36.5 Å². The van der Waals surface area contributed by atoms with Gasteiger partial charge in [0, 0.05) is 12.3 Å². The molecule has 1 aromatic carbocycles. The Balaban J connectivity index is 2.32. The number of pyridine rings is 1. The standard InChI is InChI=1S/C12H6F5NO/c13-10-2-1-7(5-9(10)12(15,16)17)19-8-3-4-18-11(14)6-8/h1-6H. The van der Waals surface area contributed by atoms with Crippen molar-refractivity contribution >= 4 is 0 Å². The van der Waals surface area contributed by atoms with Crippen molar-refractivity contribution in [2.45, 2.75) is 6.18 Å². The van der Waals surface area contributed by atoms with Gasteiger partial charge in [-0.25, -0.2) is 9.37 Å². The maximum Gasteiger partial charge on any atom is 0.419 e. The second kappa shape index (κ2) is 4.83. The molecule has 0 radical (unpaired) electrons. The molecule has 100 valence electrons. The first-order valence-electron chi connectivity index (χ1n) is 5.02. The smallest absolute Gasteiger partial charge is 0.419 e. The Morgan fingerprint density at radius 1 is 0.947 bits per heavy atom. The van der Waals surface area contributed by atoms with Crippen LogP contribution in [0.5, 0.6) is 11.5 Å². The topological polar surface area (TPSA) is 22.1 Å². The lowest BCUT2D eigenvalue weighted by Crippen LogP contribution is -2.08. The van der Waals surface area contributed by atoms with Crippen molar-refractivity contribution in [3.8, 4) is 11.5 Å². The molecule has 0 aliphatic carbocycles. The number of hydrogen-bond acceptors (Lipinski definition) is 2. The zero-order chi connectivity index (χ0) is 14.0. The van der Waals surface area contributed by atoms with Gasteiger partial charge in [-0.15, -0.1) is 0 Å². The van der Waals surface area contributed by atoms with Crippen molar-refractivity contribution < 1.29 is 26.7 Å². The normalized spacial score (nSPS) is 11.4. The maximum absolute atomic E-state index is 13.0. The number of ether oxygens (including phenoxy) is 1. The van der Waals surface area contributed by atoms with Crippen LogP contribution in [0.2, 0.25) is 0 Å². The van der Waals surface area contributed by atoms with Gasteiger partial charge < -0.3 is 4.74 Å². The molecule has 0 bridgehead atoms. The minimum Gasteiger partial charge on any atom is -0.457 e. The molecule has 7 heteroatoms. The van der Waals surface area contributed by atoms with Crippen LogP contribution in [0, 0.1) is 11.8 Å². The number of aromatic nitrogens is 1. The second-order valence-corrected chi connectivity index (χ2v) is 3.56. The van der Waals surface area contributed by atoms with Crippen LogP contribution in [0.1, 0.15) is 5.56 Å². The largest absolute Gasteiger partial charge is 0.457 e. The quantitative estimate of drug-likeness (QED) is 0.606. The molecule has 2 nitrogen and oxygen atoms in total. The predicted molar refractivity (Wildman–Crippen MR) is 55.7 cm³/mol. The van der Waals surface area contributed by atoms with Gasteiger partial charge in [0.25, 0.3) is 0 Å². The summed E-state index contributed by atoms with van der Waals surface area (Å²) >= 11 is 0. The monoisotopic (exact) mass is 275 g/mol. The highest BCUT2D eigenvalue weighted by Gasteiger charge is 2.34. The number of benzene rings is 1. The minimum absolute atomic E-state index is 0.0350. The van der Waals surface area contributed by atoms with E-state index in [1.807, 2.05) is 0 Å². The molecular formula is C12H6F5NO. The SMILES string of the molecule is Fc1cc(Oc2ccc(F)c(C(F)(F)F)c2)ccn1. The summed E-state index contributed by atoms with van der Waals surface area (Å²) in [5, 5.41) is 0. The van der Waals surface area contributed by atoms with Gasteiger partial charge in [-0.2, -0.15) is 17.6 Å². The fourth-order valence-electron chi connectivity index (χ4n) is 1.37. The second-order valence-electron chi connectivity index (χ2n) is 3.56. The average Bonchev–Trinajstić information content (AvgIpc) is 2.30. The molecule has 0 aliphatic heterocycles. The Morgan fingerprint density at radius 3 is 2.26 bits per heavy atom. The molecule has 1 aromatic heterocycles. The molecule has 0 amide bonds. The first-order chi connectivity index (χ1) is 8.86. The number of rotatable bonds is 2. The highest BCUT2D eigenvalue weighted by atomic mass is 19.4. The summed E-state index contributed by atoms with van der Waals surface area (Å²) in [6.45, 7) is 0. The van der Waals surface area contributed by atoms with Crippen LogP contribution in [0.3, 0.4) is 0 Å². The maximum atomic E-state index is 13.0. The molecule has 2 rings (SSSR count). The van der Waals surface area contributed by atoms with E-state index in [-0.39, 0.29) is 11.5 Å². The van der Waals surface area contributed by atoms with Gasteiger partial charge in [-0.05, 0) is 24.3 Å². The number of alkyl halides is 3. The third-order valence-corrected chi connectivity index (χ3v) is 2.18. The summed E-state index contributed by atoms with van der Waals surface area (Å²) in [7, 11) is 0. The zero-order valence-corrected chi connectivity index (χ0v) is 9.21. The van der Waals surface area contributed by atoms with Crippen molar-refractivity contribution in [1.29, 1.82) is 0 Å². The number of hydrogen-bond donors (Lipinski definition) is 0. The molecule has 0 spiro atoms. The Hall–Kier alpha value is -2.18. The van der Waals surface area contributed by atoms with Gasteiger partial charge in [0.1, 0.15) is 17.3 Å². The van der Waals surface area contributed by atoms with E-state index in [0.29, 0.717) is 12.1 Å². The van der Waals surface area contributed by atoms with E-state index in [4.69, 9.17) is 4.74 Å². The third kappa shape index (κ3) is 3.18. The molecular weight excluding hydrogens is 269 g/mol.